The Labute approximate surface area is 61.5 Å². The Kier molecular flexibility index (Phi) is 1.74. The van der Waals surface area contributed by atoms with Crippen molar-refractivity contribution in [2.24, 2.45) is 0 Å². The Morgan fingerprint density at radius 1 is 1.64 bits per heavy atom. The molecule has 1 rings (SSSR count). The van der Waals surface area contributed by atoms with Crippen LogP contribution in [0.2, 0.25) is 0 Å². The second kappa shape index (κ2) is 2.55. The van der Waals surface area contributed by atoms with Crippen LogP contribution in [0.15, 0.2) is 17.1 Å². The largest absolute Gasteiger partial charge is 0.502 e. The molecule has 0 aliphatic rings. The molecule has 0 spiro atoms. The van der Waals surface area contributed by atoms with Gasteiger partial charge in [-0.1, -0.05) is 0 Å². The van der Waals surface area contributed by atoms with Gasteiger partial charge in [0.15, 0.2) is 11.4 Å². The van der Waals surface area contributed by atoms with Crippen molar-refractivity contribution in [1.29, 1.82) is 0 Å². The average molecular weight is 155 g/mol. The fourth-order valence-electron chi connectivity index (χ4n) is 0.684. The molecule has 0 saturated heterocycles. The first-order valence-corrected chi connectivity index (χ1v) is 2.90. The molecule has 0 aliphatic carbocycles. The van der Waals surface area contributed by atoms with E-state index in [1.807, 2.05) is 0 Å². The van der Waals surface area contributed by atoms with Crippen LogP contribution >= 0.6 is 0 Å². The summed E-state index contributed by atoms with van der Waals surface area (Å²) >= 11 is 0. The van der Waals surface area contributed by atoms with Gasteiger partial charge in [0.2, 0.25) is 5.43 Å². The minimum atomic E-state index is -0.611. The second-order valence-electron chi connectivity index (χ2n) is 1.99. The highest BCUT2D eigenvalue weighted by atomic mass is 16.3. The zero-order valence-corrected chi connectivity index (χ0v) is 5.63. The van der Waals surface area contributed by atoms with Gasteiger partial charge >= 0.3 is 5.91 Å². The van der Waals surface area contributed by atoms with Crippen molar-refractivity contribution in [2.45, 2.75) is 0 Å². The van der Waals surface area contributed by atoms with Crippen molar-refractivity contribution in [3.63, 3.8) is 0 Å². The lowest BCUT2D eigenvalue weighted by Gasteiger charge is -1.93. The number of aromatic hydroxyl groups is 1. The van der Waals surface area contributed by atoms with Crippen LogP contribution < -0.4 is 11.2 Å². The molecule has 0 aliphatic heterocycles. The molecule has 0 bridgehead atoms. The van der Waals surface area contributed by atoms with Crippen LogP contribution in [0, 0.1) is 0 Å². The van der Waals surface area contributed by atoms with Gasteiger partial charge in [0, 0.05) is 12.3 Å². The molecule has 5 N–H and O–H groups in total. The molecule has 5 heteroatoms. The third-order valence-corrected chi connectivity index (χ3v) is 1.21. The molecular formula is C6H7N2O3+. The van der Waals surface area contributed by atoms with E-state index in [1.54, 1.807) is 0 Å². The summed E-state index contributed by atoms with van der Waals surface area (Å²) in [5, 5.41) is 8.96. The molecule has 58 valence electrons. The number of pyridine rings is 1. The summed E-state index contributed by atoms with van der Waals surface area (Å²) in [6.45, 7) is 0. The number of aromatic amines is 1. The van der Waals surface area contributed by atoms with Crippen molar-refractivity contribution in [1.82, 2.24) is 4.98 Å². The lowest BCUT2D eigenvalue weighted by Crippen LogP contribution is -2.57. The predicted octanol–water partition coefficient (Wildman–Crippen LogP) is -1.54. The van der Waals surface area contributed by atoms with Crippen LogP contribution in [0.5, 0.6) is 5.75 Å². The molecular weight excluding hydrogens is 148 g/mol. The molecule has 1 amide bonds. The molecule has 5 nitrogen and oxygen atoms in total. The van der Waals surface area contributed by atoms with Crippen LogP contribution in [-0.2, 0) is 0 Å². The van der Waals surface area contributed by atoms with Crippen LogP contribution in [0.25, 0.3) is 0 Å². The normalized spacial score (nSPS) is 9.55. The maximum atomic E-state index is 10.7. The first kappa shape index (κ1) is 7.49. The van der Waals surface area contributed by atoms with E-state index in [0.29, 0.717) is 0 Å². The summed E-state index contributed by atoms with van der Waals surface area (Å²) in [6.07, 6.45) is 1.28. The molecule has 1 aromatic heterocycles. The number of amides is 1. The molecule has 0 fully saturated rings. The fraction of sp³-hybridized carbons (Fsp3) is 0. The van der Waals surface area contributed by atoms with Gasteiger partial charge in [0.05, 0.1) is 0 Å². The van der Waals surface area contributed by atoms with Crippen LogP contribution in [0.1, 0.15) is 10.5 Å². The lowest BCUT2D eigenvalue weighted by molar-refractivity contribution is -0.255. The topological polar surface area (TPSA) is 97.8 Å². The Morgan fingerprint density at radius 3 is 2.73 bits per heavy atom. The van der Waals surface area contributed by atoms with E-state index < -0.39 is 17.1 Å². The van der Waals surface area contributed by atoms with Crippen LogP contribution in [-0.4, -0.2) is 16.0 Å². The number of quaternary nitrogens is 1. The second-order valence-corrected chi connectivity index (χ2v) is 1.99. The molecule has 0 atom stereocenters. The molecule has 0 saturated carbocycles. The van der Waals surface area contributed by atoms with E-state index in [0.717, 1.165) is 6.07 Å². The monoisotopic (exact) mass is 155 g/mol. The minimum absolute atomic E-state index is 0.155. The number of carbonyl (C=O) groups is 1. The zero-order chi connectivity index (χ0) is 8.43. The van der Waals surface area contributed by atoms with Gasteiger partial charge in [0.25, 0.3) is 0 Å². The maximum Gasteiger partial charge on any atom is 0.361 e. The third kappa shape index (κ3) is 1.27. The number of nitrogens with one attached hydrogen (secondary N) is 1. The summed E-state index contributed by atoms with van der Waals surface area (Å²) in [5.74, 6) is -1.19. The number of hydrogen-bond acceptors (Lipinski definition) is 3. The van der Waals surface area contributed by atoms with Gasteiger partial charge in [-0.15, -0.1) is 0 Å². The Morgan fingerprint density at radius 2 is 2.27 bits per heavy atom. The fourth-order valence-corrected chi connectivity index (χ4v) is 0.684. The number of H-pyrrole nitrogens is 1. The Balaban J connectivity index is 3.39. The Hall–Kier alpha value is -1.62. The van der Waals surface area contributed by atoms with E-state index in [1.165, 1.54) is 6.20 Å². The predicted molar refractivity (Wildman–Crippen MR) is 35.9 cm³/mol. The first-order chi connectivity index (χ1) is 5.13. The van der Waals surface area contributed by atoms with E-state index in [4.69, 9.17) is 5.11 Å². The molecule has 1 heterocycles. The minimum Gasteiger partial charge on any atom is -0.502 e. The standard InChI is InChI=1S/C6H6N2O3/c7-6(11)4-5(10)3(9)1-2-8-4/h1-2,10H,(H2,7,11)(H,8,9)/p+1. The first-order valence-electron chi connectivity index (χ1n) is 2.90. The molecule has 1 aromatic rings. The molecule has 11 heavy (non-hydrogen) atoms. The van der Waals surface area contributed by atoms with Gasteiger partial charge < -0.3 is 10.1 Å². The number of rotatable bonds is 1. The highest BCUT2D eigenvalue weighted by Gasteiger charge is 2.12. The van der Waals surface area contributed by atoms with Gasteiger partial charge in [0.1, 0.15) is 0 Å². The zero-order valence-electron chi connectivity index (χ0n) is 5.63. The van der Waals surface area contributed by atoms with Crippen molar-refractivity contribution < 1.29 is 15.6 Å². The van der Waals surface area contributed by atoms with Crippen LogP contribution in [0.4, 0.5) is 0 Å². The van der Waals surface area contributed by atoms with Crippen molar-refractivity contribution >= 4 is 5.91 Å². The van der Waals surface area contributed by atoms with E-state index in [2.05, 4.69) is 10.7 Å². The van der Waals surface area contributed by atoms with E-state index in [9.17, 15) is 9.59 Å². The smallest absolute Gasteiger partial charge is 0.361 e. The van der Waals surface area contributed by atoms with Gasteiger partial charge in [-0.3, -0.25) is 10.5 Å². The van der Waals surface area contributed by atoms with Crippen LogP contribution in [0.3, 0.4) is 0 Å². The summed E-state index contributed by atoms with van der Waals surface area (Å²) in [5.41, 5.74) is 2.30. The highest BCUT2D eigenvalue weighted by Crippen LogP contribution is 2.03. The third-order valence-electron chi connectivity index (χ3n) is 1.21. The quantitative estimate of drug-likeness (QED) is 0.458. The SMILES string of the molecule is [NH3+]C(=O)c1[nH]ccc(=O)c1O. The average Bonchev–Trinajstić information content (AvgIpc) is 1.94. The van der Waals surface area contributed by atoms with Gasteiger partial charge in [-0.25, -0.2) is 4.79 Å². The number of carbonyl (C=O) groups excluding carboxylic acids is 1. The van der Waals surface area contributed by atoms with E-state index >= 15 is 0 Å². The molecule has 0 aromatic carbocycles. The summed E-state index contributed by atoms with van der Waals surface area (Å²) < 4.78 is 0. The number of aromatic nitrogens is 1. The molecule has 0 radical (unpaired) electrons. The summed E-state index contributed by atoms with van der Waals surface area (Å²) in [6, 6.07) is 1.13. The highest BCUT2D eigenvalue weighted by molar-refractivity contribution is 5.86. The van der Waals surface area contributed by atoms with Crippen molar-refractivity contribution in [2.75, 3.05) is 0 Å². The number of hydrogen-bond donors (Lipinski definition) is 3. The lowest BCUT2D eigenvalue weighted by atomic mass is 10.3. The van der Waals surface area contributed by atoms with Gasteiger partial charge in [-0.2, -0.15) is 0 Å². The Bertz CT molecular complexity index is 342. The summed E-state index contributed by atoms with van der Waals surface area (Å²) in [4.78, 5) is 23.7. The van der Waals surface area contributed by atoms with Crippen molar-refractivity contribution in [3.8, 4) is 5.75 Å². The maximum absolute atomic E-state index is 10.7. The van der Waals surface area contributed by atoms with Gasteiger partial charge in [-0.05, 0) is 0 Å². The summed E-state index contributed by atoms with van der Waals surface area (Å²) in [7, 11) is 0. The van der Waals surface area contributed by atoms with Crippen molar-refractivity contribution in [3.05, 3.63) is 28.2 Å². The molecule has 0 unspecified atom stereocenters. The van der Waals surface area contributed by atoms with E-state index in [-0.39, 0.29) is 5.69 Å².